The molecule has 9 heteroatoms. The van der Waals surface area contributed by atoms with Gasteiger partial charge in [0.05, 0.1) is 18.1 Å². The molecule has 160 valence electrons. The summed E-state index contributed by atoms with van der Waals surface area (Å²) in [6.45, 7) is 3.75. The predicted molar refractivity (Wildman–Crippen MR) is 114 cm³/mol. The van der Waals surface area contributed by atoms with Crippen molar-refractivity contribution in [1.29, 1.82) is 0 Å². The highest BCUT2D eigenvalue weighted by molar-refractivity contribution is 6.10. The van der Waals surface area contributed by atoms with Crippen LogP contribution in [0.25, 0.3) is 10.9 Å². The number of nitro groups is 1. The molecule has 3 aromatic rings. The molecule has 1 aliphatic heterocycles. The second-order valence-electron chi connectivity index (χ2n) is 7.22. The summed E-state index contributed by atoms with van der Waals surface area (Å²) >= 11 is 0. The van der Waals surface area contributed by atoms with E-state index in [-0.39, 0.29) is 11.3 Å². The number of hydrogen-bond acceptors (Lipinski definition) is 7. The van der Waals surface area contributed by atoms with Crippen molar-refractivity contribution in [2.24, 2.45) is 0 Å². The van der Waals surface area contributed by atoms with Crippen LogP contribution in [0.3, 0.4) is 0 Å². The Balaban J connectivity index is 1.57. The molecule has 0 bridgehead atoms. The summed E-state index contributed by atoms with van der Waals surface area (Å²) in [4.78, 5) is 41.5. The van der Waals surface area contributed by atoms with Crippen molar-refractivity contribution < 1.29 is 24.0 Å². The molecule has 0 saturated carbocycles. The van der Waals surface area contributed by atoms with Crippen LogP contribution in [0.5, 0.6) is 0 Å². The van der Waals surface area contributed by atoms with Gasteiger partial charge < -0.3 is 19.4 Å². The Morgan fingerprint density at radius 2 is 1.90 bits per heavy atom. The third-order valence-corrected chi connectivity index (χ3v) is 5.28. The Hall–Kier alpha value is -3.72. The van der Waals surface area contributed by atoms with E-state index in [1.54, 1.807) is 18.3 Å². The minimum Gasteiger partial charge on any atom is -0.450 e. The Labute approximate surface area is 177 Å². The minimum atomic E-state index is -1.11. The van der Waals surface area contributed by atoms with E-state index in [9.17, 15) is 19.7 Å². The smallest absolute Gasteiger partial charge is 0.345 e. The van der Waals surface area contributed by atoms with E-state index in [4.69, 9.17) is 9.47 Å². The maximum atomic E-state index is 12.9. The number of carbonyl (C=O) groups excluding carboxylic acids is 2. The van der Waals surface area contributed by atoms with E-state index in [0.29, 0.717) is 37.6 Å². The molecule has 9 nitrogen and oxygen atoms in total. The number of morpholine rings is 1. The number of esters is 1. The summed E-state index contributed by atoms with van der Waals surface area (Å²) in [5.41, 5.74) is 1.29. The minimum absolute atomic E-state index is 0.187. The Morgan fingerprint density at radius 1 is 1.16 bits per heavy atom. The van der Waals surface area contributed by atoms with Crippen LogP contribution in [-0.2, 0) is 9.47 Å². The van der Waals surface area contributed by atoms with E-state index in [2.05, 4.69) is 4.98 Å². The molecule has 31 heavy (non-hydrogen) atoms. The number of aromatic nitrogens is 1. The molecule has 1 N–H and O–H groups in total. The number of benzene rings is 2. The van der Waals surface area contributed by atoms with Crippen LogP contribution < -0.4 is 4.90 Å². The first-order valence-corrected chi connectivity index (χ1v) is 9.88. The quantitative estimate of drug-likeness (QED) is 0.280. The van der Waals surface area contributed by atoms with Crippen LogP contribution in [0.15, 0.2) is 48.7 Å². The third kappa shape index (κ3) is 4.13. The van der Waals surface area contributed by atoms with Crippen molar-refractivity contribution in [2.75, 3.05) is 31.2 Å². The van der Waals surface area contributed by atoms with Crippen LogP contribution in [0, 0.1) is 10.1 Å². The standard InChI is InChI=1S/C22H21N3O6/c1-14(21(26)18-13-23-19-5-3-2-4-16(18)19)31-22(27)17-12-15(6-7-20(17)25(28)29)24-8-10-30-11-9-24/h2-7,12-14,23H,8-11H2,1H3/t14-/m0/s1. The van der Waals surface area contributed by atoms with Crippen molar-refractivity contribution in [3.63, 3.8) is 0 Å². The van der Waals surface area contributed by atoms with Crippen LogP contribution in [0.4, 0.5) is 11.4 Å². The molecule has 0 unspecified atom stereocenters. The van der Waals surface area contributed by atoms with Gasteiger partial charge in [-0.05, 0) is 25.1 Å². The zero-order valence-electron chi connectivity index (χ0n) is 16.9. The molecule has 0 spiro atoms. The van der Waals surface area contributed by atoms with Gasteiger partial charge in [0, 0.05) is 47.5 Å². The molecule has 4 rings (SSSR count). The van der Waals surface area contributed by atoms with E-state index in [0.717, 1.165) is 10.9 Å². The largest absolute Gasteiger partial charge is 0.450 e. The highest BCUT2D eigenvalue weighted by atomic mass is 16.6. The van der Waals surface area contributed by atoms with Gasteiger partial charge in [-0.3, -0.25) is 14.9 Å². The number of para-hydroxylation sites is 1. The fraction of sp³-hybridized carbons (Fsp3) is 0.273. The molecule has 1 aliphatic rings. The lowest BCUT2D eigenvalue weighted by molar-refractivity contribution is -0.385. The van der Waals surface area contributed by atoms with Crippen LogP contribution >= 0.6 is 0 Å². The monoisotopic (exact) mass is 423 g/mol. The molecule has 0 aliphatic carbocycles. The lowest BCUT2D eigenvalue weighted by Crippen LogP contribution is -2.36. The summed E-state index contributed by atoms with van der Waals surface area (Å²) < 4.78 is 10.7. The molecule has 1 atom stereocenters. The van der Waals surface area contributed by atoms with Gasteiger partial charge in [0.1, 0.15) is 5.56 Å². The lowest BCUT2D eigenvalue weighted by Gasteiger charge is -2.29. The van der Waals surface area contributed by atoms with E-state index < -0.39 is 22.8 Å². The molecular formula is C22H21N3O6. The summed E-state index contributed by atoms with van der Waals surface area (Å²) in [6, 6.07) is 11.6. The van der Waals surface area contributed by atoms with Gasteiger partial charge in [0.25, 0.3) is 5.69 Å². The second-order valence-corrected chi connectivity index (χ2v) is 7.22. The number of nitrogens with zero attached hydrogens (tertiary/aromatic N) is 2. The van der Waals surface area contributed by atoms with Gasteiger partial charge in [-0.25, -0.2) is 4.79 Å². The number of nitrogens with one attached hydrogen (secondary N) is 1. The van der Waals surface area contributed by atoms with E-state index in [1.165, 1.54) is 19.1 Å². The molecule has 1 fully saturated rings. The molecule has 0 radical (unpaired) electrons. The summed E-state index contributed by atoms with van der Waals surface area (Å²) in [6.07, 6.45) is 0.456. The van der Waals surface area contributed by atoms with Gasteiger partial charge >= 0.3 is 5.97 Å². The van der Waals surface area contributed by atoms with Crippen molar-refractivity contribution in [3.8, 4) is 0 Å². The maximum Gasteiger partial charge on any atom is 0.345 e. The number of rotatable bonds is 6. The highest BCUT2D eigenvalue weighted by Crippen LogP contribution is 2.27. The number of aromatic amines is 1. The molecule has 1 aromatic heterocycles. The number of ether oxygens (including phenoxy) is 2. The SMILES string of the molecule is C[C@H](OC(=O)c1cc(N2CCOCC2)ccc1[N+](=O)[O-])C(=O)c1c[nH]c2ccccc12. The fourth-order valence-electron chi connectivity index (χ4n) is 3.64. The van der Waals surface area contributed by atoms with Gasteiger partial charge in [-0.2, -0.15) is 0 Å². The number of H-pyrrole nitrogens is 1. The van der Waals surface area contributed by atoms with E-state index in [1.807, 2.05) is 23.1 Å². The number of Topliss-reactive ketones (excluding diaryl/α,β-unsaturated/α-hetero) is 1. The van der Waals surface area contributed by atoms with Crippen molar-refractivity contribution >= 4 is 34.0 Å². The topological polar surface area (TPSA) is 115 Å². The number of carbonyl (C=O) groups is 2. The first kappa shape index (κ1) is 20.5. The molecule has 1 saturated heterocycles. The van der Waals surface area contributed by atoms with Crippen LogP contribution in [-0.4, -0.2) is 54.1 Å². The number of fused-ring (bicyclic) bond motifs is 1. The summed E-state index contributed by atoms with van der Waals surface area (Å²) in [5.74, 6) is -1.31. The Kier molecular flexibility index (Phi) is 5.68. The predicted octanol–water partition coefficient (Wildman–Crippen LogP) is 3.34. The van der Waals surface area contributed by atoms with Crippen molar-refractivity contribution in [3.05, 3.63) is 69.9 Å². The van der Waals surface area contributed by atoms with E-state index >= 15 is 0 Å². The van der Waals surface area contributed by atoms with Gasteiger partial charge in [0.15, 0.2) is 6.10 Å². The second kappa shape index (κ2) is 8.57. The van der Waals surface area contributed by atoms with Crippen LogP contribution in [0.1, 0.15) is 27.6 Å². The number of ketones is 1. The van der Waals surface area contributed by atoms with Crippen molar-refractivity contribution in [2.45, 2.75) is 13.0 Å². The zero-order chi connectivity index (χ0) is 22.0. The third-order valence-electron chi connectivity index (χ3n) is 5.28. The number of nitro benzene ring substituents is 1. The average Bonchev–Trinajstić information content (AvgIpc) is 3.22. The zero-order valence-corrected chi connectivity index (χ0v) is 16.9. The molecule has 2 heterocycles. The summed E-state index contributed by atoms with van der Waals surface area (Å²) in [7, 11) is 0. The van der Waals surface area contributed by atoms with Gasteiger partial charge in [-0.15, -0.1) is 0 Å². The first-order valence-electron chi connectivity index (χ1n) is 9.88. The Bertz CT molecular complexity index is 1150. The molecule has 2 aromatic carbocycles. The number of anilines is 1. The normalized spacial score (nSPS) is 14.9. The average molecular weight is 423 g/mol. The van der Waals surface area contributed by atoms with Gasteiger partial charge in [0.2, 0.25) is 5.78 Å². The Morgan fingerprint density at radius 3 is 2.65 bits per heavy atom. The molecule has 0 amide bonds. The summed E-state index contributed by atoms with van der Waals surface area (Å²) in [5, 5.41) is 12.2. The number of hydrogen-bond donors (Lipinski definition) is 1. The highest BCUT2D eigenvalue weighted by Gasteiger charge is 2.28. The van der Waals surface area contributed by atoms with Gasteiger partial charge in [-0.1, -0.05) is 18.2 Å². The fourth-order valence-corrected chi connectivity index (χ4v) is 3.64. The first-order chi connectivity index (χ1) is 15.0. The maximum absolute atomic E-state index is 12.9. The molecular weight excluding hydrogens is 402 g/mol. The van der Waals surface area contributed by atoms with Crippen molar-refractivity contribution in [1.82, 2.24) is 4.98 Å². The lowest BCUT2D eigenvalue weighted by atomic mass is 10.1. The van der Waals surface area contributed by atoms with Crippen LogP contribution in [0.2, 0.25) is 0 Å².